The molecule has 1 saturated carbocycles. The maximum atomic E-state index is 13.0. The summed E-state index contributed by atoms with van der Waals surface area (Å²) in [6, 6.07) is 10.7. The Kier molecular flexibility index (Phi) is 5.08. The van der Waals surface area contributed by atoms with Gasteiger partial charge in [-0.25, -0.2) is 9.18 Å². The van der Waals surface area contributed by atoms with Gasteiger partial charge in [0, 0.05) is 31.0 Å². The molecule has 5 heteroatoms. The van der Waals surface area contributed by atoms with Crippen molar-refractivity contribution in [3.63, 3.8) is 0 Å². The van der Waals surface area contributed by atoms with E-state index >= 15 is 0 Å². The number of pyridine rings is 1. The van der Waals surface area contributed by atoms with Crippen molar-refractivity contribution in [2.24, 2.45) is 0 Å². The lowest BCUT2D eigenvalue weighted by Gasteiger charge is -2.23. The summed E-state index contributed by atoms with van der Waals surface area (Å²) in [5.74, 6) is -0.233. The number of carbonyl (C=O) groups is 1. The van der Waals surface area contributed by atoms with E-state index < -0.39 is 0 Å². The van der Waals surface area contributed by atoms with E-state index in [4.69, 9.17) is 0 Å². The predicted octanol–water partition coefficient (Wildman–Crippen LogP) is 3.45. The summed E-state index contributed by atoms with van der Waals surface area (Å²) in [5, 5.41) is 2.99. The molecule has 3 rings (SSSR count). The van der Waals surface area contributed by atoms with Gasteiger partial charge in [-0.05, 0) is 61.6 Å². The Hall–Kier alpha value is -2.43. The second-order valence-electron chi connectivity index (χ2n) is 6.27. The van der Waals surface area contributed by atoms with Crippen LogP contribution in [0.2, 0.25) is 0 Å². The van der Waals surface area contributed by atoms with Crippen LogP contribution in [-0.2, 0) is 13.0 Å². The second-order valence-corrected chi connectivity index (χ2v) is 6.27. The van der Waals surface area contributed by atoms with Crippen LogP contribution in [0.25, 0.3) is 0 Å². The normalized spacial score (nSPS) is 13.6. The van der Waals surface area contributed by atoms with Crippen molar-refractivity contribution >= 4 is 6.03 Å². The van der Waals surface area contributed by atoms with Crippen molar-refractivity contribution in [3.8, 4) is 0 Å². The molecule has 0 saturated heterocycles. The topological polar surface area (TPSA) is 45.2 Å². The van der Waals surface area contributed by atoms with Crippen molar-refractivity contribution in [3.05, 3.63) is 65.2 Å². The fraction of sp³-hybridized carbons (Fsp3) is 0.368. The van der Waals surface area contributed by atoms with Crippen LogP contribution in [-0.4, -0.2) is 28.5 Å². The van der Waals surface area contributed by atoms with Crippen LogP contribution >= 0.6 is 0 Å². The molecule has 1 aromatic heterocycles. The molecular weight excluding hydrogens is 305 g/mol. The Morgan fingerprint density at radius 3 is 2.67 bits per heavy atom. The molecule has 0 aliphatic heterocycles. The van der Waals surface area contributed by atoms with Gasteiger partial charge in [-0.3, -0.25) is 4.98 Å². The number of nitrogens with zero attached hydrogens (tertiary/aromatic N) is 2. The number of benzene rings is 1. The molecular formula is C19H22FN3O. The Labute approximate surface area is 141 Å². The van der Waals surface area contributed by atoms with Gasteiger partial charge in [-0.1, -0.05) is 12.1 Å². The van der Waals surface area contributed by atoms with E-state index in [1.165, 1.54) is 12.1 Å². The van der Waals surface area contributed by atoms with Gasteiger partial charge in [-0.15, -0.1) is 0 Å². The molecule has 2 amide bonds. The predicted molar refractivity (Wildman–Crippen MR) is 91.0 cm³/mol. The third kappa shape index (κ3) is 4.54. The molecule has 0 bridgehead atoms. The lowest BCUT2D eigenvalue weighted by atomic mass is 10.1. The molecule has 1 aliphatic carbocycles. The van der Waals surface area contributed by atoms with E-state index in [-0.39, 0.29) is 11.8 Å². The number of hydrogen-bond acceptors (Lipinski definition) is 2. The summed E-state index contributed by atoms with van der Waals surface area (Å²) in [6.45, 7) is 3.09. The summed E-state index contributed by atoms with van der Waals surface area (Å²) in [4.78, 5) is 18.6. The number of carbonyl (C=O) groups excluding carboxylic acids is 1. The Morgan fingerprint density at radius 1 is 1.25 bits per heavy atom. The zero-order valence-corrected chi connectivity index (χ0v) is 13.8. The van der Waals surface area contributed by atoms with Crippen molar-refractivity contribution in [1.29, 1.82) is 0 Å². The third-order valence-electron chi connectivity index (χ3n) is 4.21. The molecule has 24 heavy (non-hydrogen) atoms. The monoisotopic (exact) mass is 327 g/mol. The van der Waals surface area contributed by atoms with Gasteiger partial charge in [-0.2, -0.15) is 0 Å². The zero-order chi connectivity index (χ0) is 16.9. The summed E-state index contributed by atoms with van der Waals surface area (Å²) >= 11 is 0. The van der Waals surface area contributed by atoms with Crippen LogP contribution in [0, 0.1) is 12.7 Å². The second kappa shape index (κ2) is 7.43. The van der Waals surface area contributed by atoms with E-state index in [0.29, 0.717) is 19.1 Å². The minimum Gasteiger partial charge on any atom is -0.334 e. The van der Waals surface area contributed by atoms with Gasteiger partial charge in [0.25, 0.3) is 0 Å². The molecule has 0 spiro atoms. The number of hydrogen-bond donors (Lipinski definition) is 1. The average Bonchev–Trinajstić information content (AvgIpc) is 3.40. The molecule has 1 aliphatic rings. The highest BCUT2D eigenvalue weighted by Crippen LogP contribution is 2.27. The minimum atomic E-state index is -0.233. The first kappa shape index (κ1) is 16.4. The summed E-state index contributed by atoms with van der Waals surface area (Å²) in [7, 11) is 0. The molecule has 0 atom stereocenters. The van der Waals surface area contributed by atoms with Gasteiger partial charge in [0.15, 0.2) is 0 Å². The molecule has 1 fully saturated rings. The van der Waals surface area contributed by atoms with E-state index in [0.717, 1.165) is 36.1 Å². The molecule has 0 unspecified atom stereocenters. The SMILES string of the molecule is Cc1cc(CNC(=O)N(CCc2ccc(F)cc2)C2CC2)ccn1. The highest BCUT2D eigenvalue weighted by atomic mass is 19.1. The number of nitrogens with one attached hydrogen (secondary N) is 1. The maximum Gasteiger partial charge on any atom is 0.317 e. The standard InChI is InChI=1S/C19H22FN3O/c1-14-12-16(8-10-21-14)13-22-19(24)23(18-6-7-18)11-9-15-2-4-17(20)5-3-15/h2-5,8,10,12,18H,6-7,9,11,13H2,1H3,(H,22,24). The van der Waals surface area contributed by atoms with Crippen LogP contribution < -0.4 is 5.32 Å². The van der Waals surface area contributed by atoms with Gasteiger partial charge < -0.3 is 10.2 Å². The maximum absolute atomic E-state index is 13.0. The van der Waals surface area contributed by atoms with Crippen molar-refractivity contribution < 1.29 is 9.18 Å². The molecule has 126 valence electrons. The average molecular weight is 327 g/mol. The van der Waals surface area contributed by atoms with Gasteiger partial charge >= 0.3 is 6.03 Å². The molecule has 1 heterocycles. The molecule has 4 nitrogen and oxygen atoms in total. The largest absolute Gasteiger partial charge is 0.334 e. The Bertz CT molecular complexity index is 698. The van der Waals surface area contributed by atoms with E-state index in [9.17, 15) is 9.18 Å². The number of rotatable bonds is 6. The zero-order valence-electron chi connectivity index (χ0n) is 13.8. The van der Waals surface area contributed by atoms with Gasteiger partial charge in [0.05, 0.1) is 0 Å². The van der Waals surface area contributed by atoms with E-state index in [1.54, 1.807) is 18.3 Å². The van der Waals surface area contributed by atoms with Crippen LogP contribution in [0.5, 0.6) is 0 Å². The fourth-order valence-electron chi connectivity index (χ4n) is 2.73. The Morgan fingerprint density at radius 2 is 2.00 bits per heavy atom. The number of halogens is 1. The fourth-order valence-corrected chi connectivity index (χ4v) is 2.73. The first-order valence-electron chi connectivity index (χ1n) is 8.32. The van der Waals surface area contributed by atoms with Crippen LogP contribution in [0.4, 0.5) is 9.18 Å². The summed E-state index contributed by atoms with van der Waals surface area (Å²) in [6.07, 6.45) is 4.61. The van der Waals surface area contributed by atoms with Crippen molar-refractivity contribution in [2.75, 3.05) is 6.54 Å². The summed E-state index contributed by atoms with van der Waals surface area (Å²) < 4.78 is 13.0. The van der Waals surface area contributed by atoms with Gasteiger partial charge in [0.1, 0.15) is 5.82 Å². The number of aromatic nitrogens is 1. The van der Waals surface area contributed by atoms with E-state index in [1.807, 2.05) is 24.0 Å². The number of aryl methyl sites for hydroxylation is 1. The lowest BCUT2D eigenvalue weighted by Crippen LogP contribution is -2.42. The highest BCUT2D eigenvalue weighted by molar-refractivity contribution is 5.75. The number of urea groups is 1. The summed E-state index contributed by atoms with van der Waals surface area (Å²) in [5.41, 5.74) is 3.03. The van der Waals surface area contributed by atoms with Crippen LogP contribution in [0.3, 0.4) is 0 Å². The van der Waals surface area contributed by atoms with E-state index in [2.05, 4.69) is 10.3 Å². The minimum absolute atomic E-state index is 0.0333. The molecule has 2 aromatic rings. The first-order chi connectivity index (χ1) is 11.6. The van der Waals surface area contributed by atoms with Crippen molar-refractivity contribution in [1.82, 2.24) is 15.2 Å². The third-order valence-corrected chi connectivity index (χ3v) is 4.21. The van der Waals surface area contributed by atoms with Gasteiger partial charge in [0.2, 0.25) is 0 Å². The molecule has 1 N–H and O–H groups in total. The smallest absolute Gasteiger partial charge is 0.317 e. The highest BCUT2D eigenvalue weighted by Gasteiger charge is 2.32. The Balaban J connectivity index is 1.54. The molecule has 0 radical (unpaired) electrons. The molecule has 1 aromatic carbocycles. The van der Waals surface area contributed by atoms with Crippen molar-refractivity contribution in [2.45, 2.75) is 38.8 Å². The quantitative estimate of drug-likeness (QED) is 0.883. The first-order valence-corrected chi connectivity index (χ1v) is 8.32. The van der Waals surface area contributed by atoms with Crippen LogP contribution in [0.15, 0.2) is 42.6 Å². The number of amides is 2. The van der Waals surface area contributed by atoms with Crippen LogP contribution in [0.1, 0.15) is 29.7 Å². The lowest BCUT2D eigenvalue weighted by molar-refractivity contribution is 0.195.